The molecule has 0 fully saturated rings. The van der Waals surface area contributed by atoms with E-state index in [4.69, 9.17) is 0 Å². The topological polar surface area (TPSA) is 34.1 Å². The normalized spacial score (nSPS) is 10.6. The van der Waals surface area contributed by atoms with Crippen LogP contribution in [-0.4, -0.2) is 12.1 Å². The van der Waals surface area contributed by atoms with Crippen LogP contribution in [0.5, 0.6) is 0 Å². The van der Waals surface area contributed by atoms with Crippen LogP contribution in [0.3, 0.4) is 0 Å². The number of benzene rings is 1. The van der Waals surface area contributed by atoms with E-state index in [0.29, 0.717) is 18.4 Å². The summed E-state index contributed by atoms with van der Waals surface area (Å²) in [6, 6.07) is 7.36. The molecule has 0 atom stereocenters. The molecule has 1 aromatic carbocycles. The maximum absolute atomic E-state index is 12.0. The highest BCUT2D eigenvalue weighted by Gasteiger charge is 2.07. The molecule has 0 saturated carbocycles. The second-order valence-corrected chi connectivity index (χ2v) is 6.11. The summed E-state index contributed by atoms with van der Waals surface area (Å²) < 4.78 is 0. The summed E-state index contributed by atoms with van der Waals surface area (Å²) in [6.45, 7) is 2.24. The Morgan fingerprint density at radius 3 is 2.14 bits per heavy atom. The highest BCUT2D eigenvalue weighted by atomic mass is 16.1. The van der Waals surface area contributed by atoms with Crippen molar-refractivity contribution in [2.24, 2.45) is 0 Å². The fourth-order valence-electron chi connectivity index (χ4n) is 2.74. The molecule has 0 N–H and O–H groups in total. The summed E-state index contributed by atoms with van der Waals surface area (Å²) in [6.07, 6.45) is 13.3. The van der Waals surface area contributed by atoms with Crippen LogP contribution >= 0.6 is 0 Å². The SMILES string of the molecule is CCCCCCCCCCCC(=O)Cc1ccccc1C=O. The third-order valence-corrected chi connectivity index (χ3v) is 4.13. The highest BCUT2D eigenvalue weighted by Crippen LogP contribution is 2.13. The molecular weight excluding hydrogens is 272 g/mol. The van der Waals surface area contributed by atoms with Gasteiger partial charge in [0.05, 0.1) is 0 Å². The Kier molecular flexibility index (Phi) is 10.3. The number of aldehydes is 1. The average Bonchev–Trinajstić information content (AvgIpc) is 2.54. The van der Waals surface area contributed by atoms with Crippen molar-refractivity contribution in [3.8, 4) is 0 Å². The van der Waals surface area contributed by atoms with E-state index in [1.807, 2.05) is 18.2 Å². The molecule has 0 heterocycles. The van der Waals surface area contributed by atoms with Gasteiger partial charge in [-0.25, -0.2) is 0 Å². The van der Waals surface area contributed by atoms with Gasteiger partial charge in [-0.2, -0.15) is 0 Å². The van der Waals surface area contributed by atoms with Crippen molar-refractivity contribution in [3.05, 3.63) is 35.4 Å². The smallest absolute Gasteiger partial charge is 0.150 e. The van der Waals surface area contributed by atoms with Gasteiger partial charge in [-0.05, 0) is 12.0 Å². The van der Waals surface area contributed by atoms with Crippen LogP contribution < -0.4 is 0 Å². The van der Waals surface area contributed by atoms with E-state index in [1.165, 1.54) is 44.9 Å². The average molecular weight is 302 g/mol. The first-order valence-electron chi connectivity index (χ1n) is 8.82. The molecule has 0 unspecified atom stereocenters. The molecule has 0 aliphatic carbocycles. The monoisotopic (exact) mass is 302 g/mol. The highest BCUT2D eigenvalue weighted by molar-refractivity contribution is 5.85. The molecule has 0 bridgehead atoms. The molecule has 0 spiro atoms. The van der Waals surface area contributed by atoms with Crippen molar-refractivity contribution >= 4 is 12.1 Å². The van der Waals surface area contributed by atoms with E-state index in [-0.39, 0.29) is 5.78 Å². The van der Waals surface area contributed by atoms with Gasteiger partial charge in [-0.3, -0.25) is 9.59 Å². The number of hydrogen-bond acceptors (Lipinski definition) is 2. The maximum Gasteiger partial charge on any atom is 0.150 e. The van der Waals surface area contributed by atoms with Gasteiger partial charge in [0.15, 0.2) is 0 Å². The van der Waals surface area contributed by atoms with Crippen LogP contribution in [0.4, 0.5) is 0 Å². The van der Waals surface area contributed by atoms with Crippen LogP contribution in [0.1, 0.15) is 87.1 Å². The standard InChI is InChI=1S/C20H30O2/c1-2-3-4-5-6-7-8-9-10-15-20(22)16-18-13-11-12-14-19(18)17-21/h11-14,17H,2-10,15-16H2,1H3. The predicted octanol–water partition coefficient (Wildman–Crippen LogP) is 5.53. The zero-order chi connectivity index (χ0) is 16.0. The van der Waals surface area contributed by atoms with Gasteiger partial charge in [0.25, 0.3) is 0 Å². The Balaban J connectivity index is 2.07. The first-order valence-corrected chi connectivity index (χ1v) is 8.82. The first kappa shape index (κ1) is 18.6. The van der Waals surface area contributed by atoms with Gasteiger partial charge in [0.2, 0.25) is 0 Å². The maximum atomic E-state index is 12.0. The summed E-state index contributed by atoms with van der Waals surface area (Å²) in [5, 5.41) is 0. The second kappa shape index (κ2) is 12.1. The van der Waals surface area contributed by atoms with Gasteiger partial charge in [-0.15, -0.1) is 0 Å². The quantitative estimate of drug-likeness (QED) is 0.354. The van der Waals surface area contributed by atoms with Crippen LogP contribution in [0, 0.1) is 0 Å². The van der Waals surface area contributed by atoms with Crippen LogP contribution in [0.15, 0.2) is 24.3 Å². The van der Waals surface area contributed by atoms with E-state index in [9.17, 15) is 9.59 Å². The number of unbranched alkanes of at least 4 members (excludes halogenated alkanes) is 8. The van der Waals surface area contributed by atoms with Crippen molar-refractivity contribution < 1.29 is 9.59 Å². The van der Waals surface area contributed by atoms with Crippen LogP contribution in [-0.2, 0) is 11.2 Å². The molecule has 1 rings (SSSR count). The Labute approximate surface area is 135 Å². The van der Waals surface area contributed by atoms with E-state index in [1.54, 1.807) is 6.07 Å². The minimum atomic E-state index is 0.247. The van der Waals surface area contributed by atoms with Gasteiger partial charge < -0.3 is 0 Å². The Bertz CT molecular complexity index is 437. The number of carbonyl (C=O) groups is 2. The lowest BCUT2D eigenvalue weighted by Gasteiger charge is -2.04. The van der Waals surface area contributed by atoms with Gasteiger partial charge in [-0.1, -0.05) is 82.6 Å². The molecule has 22 heavy (non-hydrogen) atoms. The van der Waals surface area contributed by atoms with E-state index >= 15 is 0 Å². The van der Waals surface area contributed by atoms with E-state index < -0.39 is 0 Å². The summed E-state index contributed by atoms with van der Waals surface area (Å²) in [5.74, 6) is 0.247. The fourth-order valence-corrected chi connectivity index (χ4v) is 2.74. The number of rotatable bonds is 13. The molecule has 0 aliphatic rings. The summed E-state index contributed by atoms with van der Waals surface area (Å²) >= 11 is 0. The second-order valence-electron chi connectivity index (χ2n) is 6.11. The third kappa shape index (κ3) is 8.11. The molecule has 0 amide bonds. The number of carbonyl (C=O) groups excluding carboxylic acids is 2. The van der Waals surface area contributed by atoms with Crippen molar-refractivity contribution in [3.63, 3.8) is 0 Å². The van der Waals surface area contributed by atoms with Crippen molar-refractivity contribution in [2.75, 3.05) is 0 Å². The van der Waals surface area contributed by atoms with Gasteiger partial charge in [0.1, 0.15) is 12.1 Å². The Morgan fingerprint density at radius 2 is 1.50 bits per heavy atom. The van der Waals surface area contributed by atoms with Crippen molar-refractivity contribution in [1.29, 1.82) is 0 Å². The largest absolute Gasteiger partial charge is 0.299 e. The molecule has 0 aliphatic heterocycles. The van der Waals surface area contributed by atoms with Crippen LogP contribution in [0.25, 0.3) is 0 Å². The van der Waals surface area contributed by atoms with Crippen molar-refractivity contribution in [1.82, 2.24) is 0 Å². The van der Waals surface area contributed by atoms with E-state index in [0.717, 1.165) is 24.7 Å². The molecule has 122 valence electrons. The van der Waals surface area contributed by atoms with Crippen LogP contribution in [0.2, 0.25) is 0 Å². The zero-order valence-corrected chi connectivity index (χ0v) is 14.0. The van der Waals surface area contributed by atoms with Gasteiger partial charge >= 0.3 is 0 Å². The molecule has 0 aromatic heterocycles. The summed E-state index contributed by atoms with van der Waals surface area (Å²) in [4.78, 5) is 22.9. The molecule has 2 heteroatoms. The number of ketones is 1. The minimum Gasteiger partial charge on any atom is -0.299 e. The Morgan fingerprint density at radius 1 is 0.909 bits per heavy atom. The third-order valence-electron chi connectivity index (χ3n) is 4.13. The van der Waals surface area contributed by atoms with Crippen molar-refractivity contribution in [2.45, 2.75) is 77.6 Å². The molecule has 0 saturated heterocycles. The van der Waals surface area contributed by atoms with E-state index in [2.05, 4.69) is 6.92 Å². The number of Topliss-reactive ketones (excluding diaryl/α,β-unsaturated/α-hetero) is 1. The summed E-state index contributed by atoms with van der Waals surface area (Å²) in [5.41, 5.74) is 1.50. The van der Waals surface area contributed by atoms with Gasteiger partial charge in [0, 0.05) is 18.4 Å². The lowest BCUT2D eigenvalue weighted by Crippen LogP contribution is -2.04. The zero-order valence-electron chi connectivity index (χ0n) is 14.0. The number of hydrogen-bond donors (Lipinski definition) is 0. The minimum absolute atomic E-state index is 0.247. The first-order chi connectivity index (χ1) is 10.8. The summed E-state index contributed by atoms with van der Waals surface area (Å²) in [7, 11) is 0. The lowest BCUT2D eigenvalue weighted by atomic mass is 9.99. The molecule has 0 radical (unpaired) electrons. The fraction of sp³-hybridized carbons (Fsp3) is 0.600. The predicted molar refractivity (Wildman–Crippen MR) is 92.4 cm³/mol. The molecule has 1 aromatic rings. The molecular formula is C20H30O2. The Hall–Kier alpha value is -1.44. The lowest BCUT2D eigenvalue weighted by molar-refractivity contribution is -0.118. The molecule has 2 nitrogen and oxygen atoms in total.